The highest BCUT2D eigenvalue weighted by atomic mass is 19.4. The number of halogens is 3. The van der Waals surface area contributed by atoms with E-state index in [1.54, 1.807) is 12.1 Å². The Morgan fingerprint density at radius 1 is 1.00 bits per heavy atom. The van der Waals surface area contributed by atoms with Crippen molar-refractivity contribution in [2.75, 3.05) is 37.6 Å². The molecule has 0 saturated carbocycles. The summed E-state index contributed by atoms with van der Waals surface area (Å²) in [5, 5.41) is 0. The number of piperazine rings is 1. The van der Waals surface area contributed by atoms with Crippen molar-refractivity contribution in [1.82, 2.24) is 4.90 Å². The average molecular weight is 254 g/mol. The van der Waals surface area contributed by atoms with Crippen molar-refractivity contribution in [2.45, 2.75) is 6.18 Å². The Balaban J connectivity index is 1.88. The van der Waals surface area contributed by atoms with Crippen LogP contribution in [0.15, 0.2) is 24.3 Å². The topological polar surface area (TPSA) is 6.48 Å². The van der Waals surface area contributed by atoms with Crippen LogP contribution in [-0.4, -0.2) is 51.6 Å². The molecule has 0 bridgehead atoms. The molecule has 2 rings (SSSR count). The fourth-order valence-corrected chi connectivity index (χ4v) is 2.10. The Morgan fingerprint density at radius 2 is 1.56 bits per heavy atom. The number of hydrogen-bond acceptors (Lipinski definition) is 2. The van der Waals surface area contributed by atoms with Gasteiger partial charge in [-0.25, -0.2) is 0 Å². The standard InChI is InChI=1S/C12H14BF3N2/c13-10-1-3-11(4-2-10)18-7-5-17(6-8-18)9-12(14,15)16/h1-4H,5-9H2. The lowest BCUT2D eigenvalue weighted by molar-refractivity contribution is -0.146. The molecule has 96 valence electrons. The van der Waals surface area contributed by atoms with Gasteiger partial charge in [0.25, 0.3) is 0 Å². The van der Waals surface area contributed by atoms with Crippen molar-refractivity contribution in [3.63, 3.8) is 0 Å². The van der Waals surface area contributed by atoms with E-state index in [0.29, 0.717) is 31.6 Å². The van der Waals surface area contributed by atoms with E-state index in [1.807, 2.05) is 12.1 Å². The fourth-order valence-electron chi connectivity index (χ4n) is 2.10. The molecule has 0 amide bonds. The molecule has 18 heavy (non-hydrogen) atoms. The van der Waals surface area contributed by atoms with E-state index in [4.69, 9.17) is 7.85 Å². The third-order valence-electron chi connectivity index (χ3n) is 3.03. The summed E-state index contributed by atoms with van der Waals surface area (Å²) in [7, 11) is 5.60. The minimum absolute atomic E-state index is 0.434. The van der Waals surface area contributed by atoms with E-state index in [2.05, 4.69) is 4.90 Å². The summed E-state index contributed by atoms with van der Waals surface area (Å²) in [6, 6.07) is 7.40. The Morgan fingerprint density at radius 3 is 2.06 bits per heavy atom. The Bertz CT molecular complexity index is 383. The number of nitrogens with zero attached hydrogens (tertiary/aromatic N) is 2. The van der Waals surface area contributed by atoms with Crippen LogP contribution in [0.25, 0.3) is 0 Å². The van der Waals surface area contributed by atoms with Crippen LogP contribution in [-0.2, 0) is 0 Å². The second-order valence-corrected chi connectivity index (χ2v) is 4.47. The van der Waals surface area contributed by atoms with Gasteiger partial charge in [-0.1, -0.05) is 17.6 Å². The van der Waals surface area contributed by atoms with Crippen molar-refractivity contribution >= 4 is 19.0 Å². The lowest BCUT2D eigenvalue weighted by atomic mass is 9.96. The van der Waals surface area contributed by atoms with Crippen LogP contribution in [0.4, 0.5) is 18.9 Å². The smallest absolute Gasteiger partial charge is 0.369 e. The van der Waals surface area contributed by atoms with E-state index in [1.165, 1.54) is 4.90 Å². The van der Waals surface area contributed by atoms with Crippen LogP contribution < -0.4 is 10.4 Å². The molecule has 0 aliphatic carbocycles. The Hall–Kier alpha value is -1.17. The van der Waals surface area contributed by atoms with E-state index in [9.17, 15) is 13.2 Å². The van der Waals surface area contributed by atoms with Gasteiger partial charge >= 0.3 is 6.18 Å². The first-order valence-electron chi connectivity index (χ1n) is 5.84. The second-order valence-electron chi connectivity index (χ2n) is 4.47. The van der Waals surface area contributed by atoms with Gasteiger partial charge in [-0.3, -0.25) is 4.90 Å². The summed E-state index contributed by atoms with van der Waals surface area (Å²) >= 11 is 0. The average Bonchev–Trinajstić information content (AvgIpc) is 2.29. The molecule has 0 atom stereocenters. The highest BCUT2D eigenvalue weighted by molar-refractivity contribution is 6.32. The minimum Gasteiger partial charge on any atom is -0.369 e. The molecule has 0 aromatic heterocycles. The van der Waals surface area contributed by atoms with Crippen molar-refractivity contribution in [2.24, 2.45) is 0 Å². The van der Waals surface area contributed by atoms with Gasteiger partial charge in [0, 0.05) is 31.9 Å². The van der Waals surface area contributed by atoms with Crippen LogP contribution in [0, 0.1) is 0 Å². The molecule has 1 aromatic carbocycles. The van der Waals surface area contributed by atoms with Gasteiger partial charge in [0.1, 0.15) is 7.85 Å². The molecule has 2 radical (unpaired) electrons. The van der Waals surface area contributed by atoms with Crippen molar-refractivity contribution < 1.29 is 13.2 Å². The molecule has 1 heterocycles. The molecule has 1 aromatic rings. The van der Waals surface area contributed by atoms with Gasteiger partial charge in [-0.15, -0.1) is 0 Å². The van der Waals surface area contributed by atoms with E-state index in [0.717, 1.165) is 5.69 Å². The quantitative estimate of drug-likeness (QED) is 0.731. The molecule has 0 unspecified atom stereocenters. The number of alkyl halides is 3. The summed E-state index contributed by atoms with van der Waals surface area (Å²) in [6.45, 7) is 1.27. The summed E-state index contributed by atoms with van der Waals surface area (Å²) in [6.07, 6.45) is -4.11. The summed E-state index contributed by atoms with van der Waals surface area (Å²) in [4.78, 5) is 3.51. The lowest BCUT2D eigenvalue weighted by Gasteiger charge is -2.36. The summed E-state index contributed by atoms with van der Waals surface area (Å²) in [5.74, 6) is 0. The first kappa shape index (κ1) is 13.3. The monoisotopic (exact) mass is 254 g/mol. The zero-order valence-corrected chi connectivity index (χ0v) is 9.95. The highest BCUT2D eigenvalue weighted by Gasteiger charge is 2.32. The molecular formula is C12H14BF3N2. The zero-order valence-electron chi connectivity index (χ0n) is 9.95. The molecule has 1 aliphatic rings. The fraction of sp³-hybridized carbons (Fsp3) is 0.500. The van der Waals surface area contributed by atoms with Crippen molar-refractivity contribution in [3.05, 3.63) is 24.3 Å². The van der Waals surface area contributed by atoms with Crippen LogP contribution in [0.3, 0.4) is 0 Å². The maximum Gasteiger partial charge on any atom is 0.401 e. The van der Waals surface area contributed by atoms with Crippen LogP contribution in [0.1, 0.15) is 0 Å². The van der Waals surface area contributed by atoms with Crippen LogP contribution in [0.2, 0.25) is 0 Å². The third-order valence-corrected chi connectivity index (χ3v) is 3.03. The molecule has 0 spiro atoms. The number of rotatable bonds is 2. The van der Waals surface area contributed by atoms with Gasteiger partial charge < -0.3 is 4.90 Å². The van der Waals surface area contributed by atoms with Gasteiger partial charge in [-0.2, -0.15) is 13.2 Å². The Labute approximate surface area is 106 Å². The normalized spacial score (nSPS) is 18.1. The maximum absolute atomic E-state index is 12.2. The Kier molecular flexibility index (Phi) is 3.85. The molecule has 1 aliphatic heterocycles. The number of hydrogen-bond donors (Lipinski definition) is 0. The van der Waals surface area contributed by atoms with Crippen molar-refractivity contribution in [1.29, 1.82) is 0 Å². The zero-order chi connectivity index (χ0) is 13.2. The SMILES string of the molecule is [B]c1ccc(N2CCN(CC(F)(F)F)CC2)cc1. The number of anilines is 1. The lowest BCUT2D eigenvalue weighted by Crippen LogP contribution is -2.49. The highest BCUT2D eigenvalue weighted by Crippen LogP contribution is 2.19. The summed E-state index contributed by atoms with van der Waals surface area (Å²) < 4.78 is 36.7. The molecule has 1 fully saturated rings. The van der Waals surface area contributed by atoms with Crippen LogP contribution in [0.5, 0.6) is 0 Å². The largest absolute Gasteiger partial charge is 0.401 e. The molecule has 6 heteroatoms. The predicted molar refractivity (Wildman–Crippen MR) is 66.5 cm³/mol. The molecular weight excluding hydrogens is 240 g/mol. The minimum atomic E-state index is -4.11. The second kappa shape index (κ2) is 5.22. The van der Waals surface area contributed by atoms with E-state index < -0.39 is 12.7 Å². The van der Waals surface area contributed by atoms with Gasteiger partial charge in [0.15, 0.2) is 0 Å². The number of benzene rings is 1. The van der Waals surface area contributed by atoms with Gasteiger partial charge in [0.2, 0.25) is 0 Å². The third kappa shape index (κ3) is 3.66. The maximum atomic E-state index is 12.2. The van der Waals surface area contributed by atoms with Crippen molar-refractivity contribution in [3.8, 4) is 0 Å². The van der Waals surface area contributed by atoms with Gasteiger partial charge in [0.05, 0.1) is 6.54 Å². The first-order chi connectivity index (χ1) is 8.44. The molecule has 2 nitrogen and oxygen atoms in total. The molecule has 0 N–H and O–H groups in total. The summed E-state index contributed by atoms with van der Waals surface area (Å²) in [5.41, 5.74) is 1.70. The van der Waals surface area contributed by atoms with Crippen LogP contribution >= 0.6 is 0 Å². The molecule has 1 saturated heterocycles. The first-order valence-corrected chi connectivity index (χ1v) is 5.84. The van der Waals surface area contributed by atoms with E-state index >= 15 is 0 Å². The van der Waals surface area contributed by atoms with Gasteiger partial charge in [-0.05, 0) is 12.1 Å². The van der Waals surface area contributed by atoms with E-state index in [-0.39, 0.29) is 0 Å². The predicted octanol–water partition coefficient (Wildman–Crippen LogP) is 1.16.